The Labute approximate surface area is 114 Å². The Hall–Kier alpha value is -1.84. The summed E-state index contributed by atoms with van der Waals surface area (Å²) < 4.78 is 4.83. The number of carbonyl (C=O) groups excluding carboxylic acids is 2. The van der Waals surface area contributed by atoms with E-state index in [0.717, 1.165) is 11.1 Å². The summed E-state index contributed by atoms with van der Waals surface area (Å²) in [7, 11) is 1.71. The van der Waals surface area contributed by atoms with Gasteiger partial charge in [0.15, 0.2) is 0 Å². The molecule has 4 heteroatoms. The van der Waals surface area contributed by atoms with Crippen molar-refractivity contribution in [3.05, 3.63) is 35.4 Å². The number of ether oxygens (including phenoxy) is 1. The third kappa shape index (κ3) is 5.12. The lowest BCUT2D eigenvalue weighted by Gasteiger charge is -2.17. The Morgan fingerprint density at radius 3 is 2.58 bits per heavy atom. The standard InChI is InChI=1S/C15H21NO3/c1-4-19-15(18)9-10-16(3)14(17)11-13-8-6-5-7-12(13)2/h5-8H,4,9-11H2,1-3H3. The Morgan fingerprint density at radius 2 is 1.95 bits per heavy atom. The van der Waals surface area contributed by atoms with Gasteiger partial charge in [-0.25, -0.2) is 0 Å². The quantitative estimate of drug-likeness (QED) is 0.737. The highest BCUT2D eigenvalue weighted by Crippen LogP contribution is 2.09. The molecule has 104 valence electrons. The van der Waals surface area contributed by atoms with Crippen LogP contribution in [0.4, 0.5) is 0 Å². The van der Waals surface area contributed by atoms with Crippen LogP contribution in [0.3, 0.4) is 0 Å². The minimum absolute atomic E-state index is 0.0126. The van der Waals surface area contributed by atoms with Crippen LogP contribution in [0, 0.1) is 6.92 Å². The van der Waals surface area contributed by atoms with Gasteiger partial charge >= 0.3 is 5.97 Å². The average Bonchev–Trinajstić information content (AvgIpc) is 2.39. The molecule has 0 spiro atoms. The molecule has 19 heavy (non-hydrogen) atoms. The molecule has 0 saturated carbocycles. The second kappa shape index (κ2) is 7.56. The number of benzene rings is 1. The molecule has 1 aromatic carbocycles. The predicted octanol–water partition coefficient (Wildman–Crippen LogP) is 1.95. The number of esters is 1. The van der Waals surface area contributed by atoms with Crippen molar-refractivity contribution in [2.24, 2.45) is 0 Å². The summed E-state index contributed by atoms with van der Waals surface area (Å²) >= 11 is 0. The molecule has 0 saturated heterocycles. The molecule has 0 bridgehead atoms. The first-order valence-corrected chi connectivity index (χ1v) is 6.48. The number of rotatable bonds is 6. The van der Waals surface area contributed by atoms with Crippen LogP contribution in [0.25, 0.3) is 0 Å². The van der Waals surface area contributed by atoms with E-state index in [1.54, 1.807) is 18.9 Å². The molecule has 0 aromatic heterocycles. The van der Waals surface area contributed by atoms with E-state index in [4.69, 9.17) is 4.74 Å². The Balaban J connectivity index is 2.45. The number of carbonyl (C=O) groups is 2. The maximum atomic E-state index is 12.0. The molecule has 0 N–H and O–H groups in total. The van der Waals surface area contributed by atoms with E-state index >= 15 is 0 Å². The highest BCUT2D eigenvalue weighted by molar-refractivity contribution is 5.79. The summed E-state index contributed by atoms with van der Waals surface area (Å²) in [6.07, 6.45) is 0.607. The van der Waals surface area contributed by atoms with Crippen LogP contribution in [0.15, 0.2) is 24.3 Å². The summed E-state index contributed by atoms with van der Waals surface area (Å²) in [5.41, 5.74) is 2.13. The van der Waals surface area contributed by atoms with Crippen LogP contribution in [0.5, 0.6) is 0 Å². The van der Waals surface area contributed by atoms with Crippen LogP contribution in [-0.2, 0) is 20.7 Å². The van der Waals surface area contributed by atoms with Crippen LogP contribution in [0.1, 0.15) is 24.5 Å². The Morgan fingerprint density at radius 1 is 1.26 bits per heavy atom. The maximum absolute atomic E-state index is 12.0. The van der Waals surface area contributed by atoms with E-state index in [1.807, 2.05) is 31.2 Å². The van der Waals surface area contributed by atoms with Gasteiger partial charge in [0.05, 0.1) is 19.4 Å². The predicted molar refractivity (Wildman–Crippen MR) is 73.8 cm³/mol. The molecule has 0 unspecified atom stereocenters. The van der Waals surface area contributed by atoms with Gasteiger partial charge in [0.1, 0.15) is 0 Å². The van der Waals surface area contributed by atoms with E-state index in [-0.39, 0.29) is 18.3 Å². The molecule has 0 aliphatic rings. The molecular formula is C15H21NO3. The number of amides is 1. The summed E-state index contributed by atoms with van der Waals surface area (Å²) in [6.45, 7) is 4.52. The second-order valence-corrected chi connectivity index (χ2v) is 4.47. The van der Waals surface area contributed by atoms with Gasteiger partial charge in [0.2, 0.25) is 5.91 Å². The summed E-state index contributed by atoms with van der Waals surface area (Å²) in [6, 6.07) is 7.82. The Bertz CT molecular complexity index is 443. The summed E-state index contributed by atoms with van der Waals surface area (Å²) in [5.74, 6) is -0.253. The zero-order valence-electron chi connectivity index (χ0n) is 11.8. The van der Waals surface area contributed by atoms with Gasteiger partial charge in [-0.1, -0.05) is 24.3 Å². The van der Waals surface area contributed by atoms with Crippen LogP contribution in [-0.4, -0.2) is 37.0 Å². The van der Waals surface area contributed by atoms with Crippen molar-refractivity contribution in [2.45, 2.75) is 26.7 Å². The van der Waals surface area contributed by atoms with Gasteiger partial charge < -0.3 is 9.64 Å². The molecule has 1 aromatic rings. The molecule has 4 nitrogen and oxygen atoms in total. The van der Waals surface area contributed by atoms with Gasteiger partial charge in [0.25, 0.3) is 0 Å². The maximum Gasteiger partial charge on any atom is 0.307 e. The highest BCUT2D eigenvalue weighted by atomic mass is 16.5. The molecule has 1 amide bonds. The van der Waals surface area contributed by atoms with Crippen LogP contribution >= 0.6 is 0 Å². The zero-order chi connectivity index (χ0) is 14.3. The summed E-state index contributed by atoms with van der Waals surface area (Å²) in [4.78, 5) is 24.8. The number of nitrogens with zero attached hydrogens (tertiary/aromatic N) is 1. The molecule has 1 rings (SSSR count). The van der Waals surface area contributed by atoms with Crippen molar-refractivity contribution in [1.29, 1.82) is 0 Å². The van der Waals surface area contributed by atoms with Crippen molar-refractivity contribution in [2.75, 3.05) is 20.2 Å². The zero-order valence-corrected chi connectivity index (χ0v) is 11.8. The lowest BCUT2D eigenvalue weighted by Crippen LogP contribution is -2.30. The van der Waals surface area contributed by atoms with E-state index in [9.17, 15) is 9.59 Å². The van der Waals surface area contributed by atoms with Crippen molar-refractivity contribution >= 4 is 11.9 Å². The molecule has 0 atom stereocenters. The first kappa shape index (κ1) is 15.2. The smallest absolute Gasteiger partial charge is 0.307 e. The monoisotopic (exact) mass is 263 g/mol. The molecule has 0 heterocycles. The first-order chi connectivity index (χ1) is 9.04. The lowest BCUT2D eigenvalue weighted by atomic mass is 10.1. The number of likely N-dealkylation sites (N-methyl/N-ethyl adjacent to an activating group) is 1. The number of hydrogen-bond donors (Lipinski definition) is 0. The fourth-order valence-corrected chi connectivity index (χ4v) is 1.72. The number of aryl methyl sites for hydroxylation is 1. The van der Waals surface area contributed by atoms with E-state index in [0.29, 0.717) is 19.6 Å². The van der Waals surface area contributed by atoms with Gasteiger partial charge in [-0.05, 0) is 25.0 Å². The first-order valence-electron chi connectivity index (χ1n) is 6.48. The van der Waals surface area contributed by atoms with Gasteiger partial charge in [-0.3, -0.25) is 9.59 Å². The van der Waals surface area contributed by atoms with Crippen molar-refractivity contribution < 1.29 is 14.3 Å². The number of hydrogen-bond acceptors (Lipinski definition) is 3. The van der Waals surface area contributed by atoms with Crippen molar-refractivity contribution in [1.82, 2.24) is 4.90 Å². The van der Waals surface area contributed by atoms with E-state index < -0.39 is 0 Å². The molecular weight excluding hydrogens is 242 g/mol. The second-order valence-electron chi connectivity index (χ2n) is 4.47. The largest absolute Gasteiger partial charge is 0.466 e. The average molecular weight is 263 g/mol. The molecule has 0 fully saturated rings. The third-order valence-corrected chi connectivity index (χ3v) is 2.99. The SMILES string of the molecule is CCOC(=O)CCN(C)C(=O)Cc1ccccc1C. The normalized spacial score (nSPS) is 10.1. The Kier molecular flexibility index (Phi) is 6.06. The van der Waals surface area contributed by atoms with Crippen LogP contribution < -0.4 is 0 Å². The third-order valence-electron chi connectivity index (χ3n) is 2.99. The van der Waals surface area contributed by atoms with Crippen LogP contribution in [0.2, 0.25) is 0 Å². The minimum Gasteiger partial charge on any atom is -0.466 e. The molecule has 0 radical (unpaired) electrons. The van der Waals surface area contributed by atoms with E-state index in [2.05, 4.69) is 0 Å². The van der Waals surface area contributed by atoms with E-state index in [1.165, 1.54) is 0 Å². The highest BCUT2D eigenvalue weighted by Gasteiger charge is 2.12. The summed E-state index contributed by atoms with van der Waals surface area (Å²) in [5, 5.41) is 0. The fourth-order valence-electron chi connectivity index (χ4n) is 1.72. The molecule has 0 aliphatic heterocycles. The fraction of sp³-hybridized carbons (Fsp3) is 0.467. The lowest BCUT2D eigenvalue weighted by molar-refractivity contribution is -0.143. The topological polar surface area (TPSA) is 46.6 Å². The van der Waals surface area contributed by atoms with Gasteiger partial charge in [-0.2, -0.15) is 0 Å². The van der Waals surface area contributed by atoms with Gasteiger partial charge in [-0.15, -0.1) is 0 Å². The molecule has 0 aliphatic carbocycles. The van der Waals surface area contributed by atoms with Gasteiger partial charge in [0, 0.05) is 13.6 Å². The minimum atomic E-state index is -0.266. The van der Waals surface area contributed by atoms with Crippen molar-refractivity contribution in [3.63, 3.8) is 0 Å². The van der Waals surface area contributed by atoms with Crippen molar-refractivity contribution in [3.8, 4) is 0 Å².